The summed E-state index contributed by atoms with van der Waals surface area (Å²) in [5, 5.41) is 7.06. The fourth-order valence-corrected chi connectivity index (χ4v) is 1.93. The van der Waals surface area contributed by atoms with Gasteiger partial charge in [-0.15, -0.1) is 0 Å². The summed E-state index contributed by atoms with van der Waals surface area (Å²) in [6.45, 7) is 1.79. The van der Waals surface area contributed by atoms with E-state index in [9.17, 15) is 4.79 Å². The van der Waals surface area contributed by atoms with Crippen LogP contribution in [0.4, 0.5) is 5.69 Å². The fourth-order valence-electron chi connectivity index (χ4n) is 1.67. The number of amides is 1. The largest absolute Gasteiger partial charge is 0.374 e. The molecule has 0 spiro atoms. The van der Waals surface area contributed by atoms with Crippen molar-refractivity contribution in [2.45, 2.75) is 13.0 Å². The maximum atomic E-state index is 11.9. The number of benzene rings is 2. The van der Waals surface area contributed by atoms with Gasteiger partial charge in [0.15, 0.2) is 0 Å². The van der Waals surface area contributed by atoms with Gasteiger partial charge in [0.1, 0.15) is 6.04 Å². The van der Waals surface area contributed by atoms with Gasteiger partial charge >= 0.3 is 0 Å². The molecule has 0 aliphatic rings. The van der Waals surface area contributed by atoms with Gasteiger partial charge in [-0.25, -0.2) is 5.43 Å². The second kappa shape index (κ2) is 7.59. The van der Waals surface area contributed by atoms with Crippen LogP contribution in [0.15, 0.2) is 64.2 Å². The molecule has 2 aromatic rings. The lowest BCUT2D eigenvalue weighted by atomic mass is 10.2. The molecule has 0 bridgehead atoms. The molecule has 5 heteroatoms. The molecule has 2 N–H and O–H groups in total. The SMILES string of the molecule is CC(Nc1ccccc1)C(=O)N/N=C/c1ccc(Br)cc1. The molecular formula is C16H16BrN3O. The van der Waals surface area contributed by atoms with Crippen molar-refractivity contribution in [1.82, 2.24) is 5.43 Å². The minimum absolute atomic E-state index is 0.188. The number of hydrogen-bond donors (Lipinski definition) is 2. The standard InChI is InChI=1S/C16H16BrN3O/c1-12(19-15-5-3-2-4-6-15)16(21)20-18-11-13-7-9-14(17)10-8-13/h2-12,19H,1H3,(H,20,21)/b18-11+. The number of hydrazone groups is 1. The van der Waals surface area contributed by atoms with Crippen molar-refractivity contribution < 1.29 is 4.79 Å². The number of hydrogen-bond acceptors (Lipinski definition) is 3. The average molecular weight is 346 g/mol. The van der Waals surface area contributed by atoms with Crippen molar-refractivity contribution in [2.24, 2.45) is 5.10 Å². The molecule has 21 heavy (non-hydrogen) atoms. The monoisotopic (exact) mass is 345 g/mol. The number of carbonyl (C=O) groups is 1. The van der Waals surface area contributed by atoms with Crippen LogP contribution in [0.3, 0.4) is 0 Å². The first-order valence-electron chi connectivity index (χ1n) is 6.55. The summed E-state index contributed by atoms with van der Waals surface area (Å²) in [5.41, 5.74) is 4.34. The second-order valence-corrected chi connectivity index (χ2v) is 5.43. The number of nitrogens with one attached hydrogen (secondary N) is 2. The lowest BCUT2D eigenvalue weighted by Crippen LogP contribution is -2.34. The van der Waals surface area contributed by atoms with Gasteiger partial charge in [0.2, 0.25) is 0 Å². The van der Waals surface area contributed by atoms with Crippen LogP contribution >= 0.6 is 15.9 Å². The Morgan fingerprint density at radius 2 is 1.81 bits per heavy atom. The maximum absolute atomic E-state index is 11.9. The Hall–Kier alpha value is -2.14. The Labute approximate surface area is 132 Å². The molecule has 4 nitrogen and oxygen atoms in total. The number of rotatable bonds is 5. The van der Waals surface area contributed by atoms with Gasteiger partial charge in [0, 0.05) is 10.2 Å². The van der Waals surface area contributed by atoms with E-state index in [1.165, 1.54) is 0 Å². The molecule has 1 unspecified atom stereocenters. The van der Waals surface area contributed by atoms with Gasteiger partial charge in [0.25, 0.3) is 5.91 Å². The first-order chi connectivity index (χ1) is 10.1. The highest BCUT2D eigenvalue weighted by atomic mass is 79.9. The summed E-state index contributed by atoms with van der Waals surface area (Å²) in [6.07, 6.45) is 1.61. The van der Waals surface area contributed by atoms with E-state index in [4.69, 9.17) is 0 Å². The first-order valence-corrected chi connectivity index (χ1v) is 7.34. The van der Waals surface area contributed by atoms with E-state index >= 15 is 0 Å². The zero-order valence-corrected chi connectivity index (χ0v) is 13.2. The van der Waals surface area contributed by atoms with E-state index in [2.05, 4.69) is 31.8 Å². The molecule has 0 saturated carbocycles. The lowest BCUT2D eigenvalue weighted by Gasteiger charge is -2.13. The predicted molar refractivity (Wildman–Crippen MR) is 89.4 cm³/mol. The Balaban J connectivity index is 1.85. The van der Waals surface area contributed by atoms with Gasteiger partial charge in [-0.2, -0.15) is 5.10 Å². The Bertz CT molecular complexity index is 611. The minimum Gasteiger partial charge on any atom is -0.374 e. The highest BCUT2D eigenvalue weighted by Crippen LogP contribution is 2.09. The Morgan fingerprint density at radius 3 is 2.48 bits per heavy atom. The van der Waals surface area contributed by atoms with Crippen LogP contribution in [0.5, 0.6) is 0 Å². The summed E-state index contributed by atoms with van der Waals surface area (Å²) in [4.78, 5) is 11.9. The quantitative estimate of drug-likeness (QED) is 0.644. The third-order valence-electron chi connectivity index (χ3n) is 2.81. The maximum Gasteiger partial charge on any atom is 0.262 e. The van der Waals surface area contributed by atoms with E-state index in [1.54, 1.807) is 13.1 Å². The Morgan fingerprint density at radius 1 is 1.14 bits per heavy atom. The van der Waals surface area contributed by atoms with Crippen LogP contribution in [0.25, 0.3) is 0 Å². The van der Waals surface area contributed by atoms with Crippen molar-refractivity contribution in [1.29, 1.82) is 0 Å². The zero-order chi connectivity index (χ0) is 15.1. The van der Waals surface area contributed by atoms with Crippen molar-refractivity contribution in [3.63, 3.8) is 0 Å². The molecule has 0 saturated heterocycles. The fraction of sp³-hybridized carbons (Fsp3) is 0.125. The number of halogens is 1. The highest BCUT2D eigenvalue weighted by Gasteiger charge is 2.10. The minimum atomic E-state index is -0.366. The van der Waals surface area contributed by atoms with Crippen LogP contribution in [0, 0.1) is 0 Å². The molecule has 1 amide bonds. The molecule has 108 valence electrons. The van der Waals surface area contributed by atoms with Crippen molar-refractivity contribution in [3.8, 4) is 0 Å². The highest BCUT2D eigenvalue weighted by molar-refractivity contribution is 9.10. The normalized spacial score (nSPS) is 12.1. The number of anilines is 1. The summed E-state index contributed by atoms with van der Waals surface area (Å²) in [6, 6.07) is 16.9. The van der Waals surface area contributed by atoms with Crippen LogP contribution < -0.4 is 10.7 Å². The van der Waals surface area contributed by atoms with E-state index < -0.39 is 0 Å². The smallest absolute Gasteiger partial charge is 0.262 e. The van der Waals surface area contributed by atoms with Gasteiger partial charge in [-0.3, -0.25) is 4.79 Å². The van der Waals surface area contributed by atoms with Crippen LogP contribution in [-0.4, -0.2) is 18.2 Å². The average Bonchev–Trinajstić information content (AvgIpc) is 2.50. The molecule has 0 radical (unpaired) electrons. The van der Waals surface area contributed by atoms with Crippen LogP contribution in [0.2, 0.25) is 0 Å². The zero-order valence-electron chi connectivity index (χ0n) is 11.6. The van der Waals surface area contributed by atoms with Gasteiger partial charge < -0.3 is 5.32 Å². The third-order valence-corrected chi connectivity index (χ3v) is 3.34. The van der Waals surface area contributed by atoms with Gasteiger partial charge in [-0.05, 0) is 36.8 Å². The van der Waals surface area contributed by atoms with E-state index in [0.29, 0.717) is 0 Å². The molecule has 0 aliphatic carbocycles. The van der Waals surface area contributed by atoms with E-state index in [0.717, 1.165) is 15.7 Å². The van der Waals surface area contributed by atoms with E-state index in [1.807, 2.05) is 54.6 Å². The van der Waals surface area contributed by atoms with Gasteiger partial charge in [0.05, 0.1) is 6.21 Å². The number of nitrogens with zero attached hydrogens (tertiary/aromatic N) is 1. The van der Waals surface area contributed by atoms with Gasteiger partial charge in [-0.1, -0.05) is 46.3 Å². The molecule has 0 fully saturated rings. The molecular weight excluding hydrogens is 330 g/mol. The Kier molecular flexibility index (Phi) is 5.51. The lowest BCUT2D eigenvalue weighted by molar-refractivity contribution is -0.121. The van der Waals surface area contributed by atoms with E-state index in [-0.39, 0.29) is 11.9 Å². The molecule has 0 aliphatic heterocycles. The van der Waals surface area contributed by atoms with Crippen LogP contribution in [-0.2, 0) is 4.79 Å². The predicted octanol–water partition coefficient (Wildman–Crippen LogP) is 3.40. The summed E-state index contributed by atoms with van der Waals surface area (Å²) in [5.74, 6) is -0.188. The summed E-state index contributed by atoms with van der Waals surface area (Å²) < 4.78 is 1.00. The number of para-hydroxylation sites is 1. The van der Waals surface area contributed by atoms with Crippen LogP contribution in [0.1, 0.15) is 12.5 Å². The van der Waals surface area contributed by atoms with Crippen molar-refractivity contribution in [3.05, 3.63) is 64.6 Å². The molecule has 0 heterocycles. The third kappa shape index (κ3) is 5.04. The number of carbonyl (C=O) groups excluding carboxylic acids is 1. The first kappa shape index (κ1) is 15.3. The second-order valence-electron chi connectivity index (χ2n) is 4.52. The van der Waals surface area contributed by atoms with Crippen molar-refractivity contribution in [2.75, 3.05) is 5.32 Å². The summed E-state index contributed by atoms with van der Waals surface area (Å²) in [7, 11) is 0. The van der Waals surface area contributed by atoms with Crippen molar-refractivity contribution >= 4 is 33.7 Å². The molecule has 0 aromatic heterocycles. The summed E-state index contributed by atoms with van der Waals surface area (Å²) >= 11 is 3.36. The molecule has 2 aromatic carbocycles. The molecule has 2 rings (SSSR count). The molecule has 1 atom stereocenters. The topological polar surface area (TPSA) is 53.5 Å².